The Balaban J connectivity index is 1.04. The van der Waals surface area contributed by atoms with Gasteiger partial charge in [-0.25, -0.2) is 0 Å². The maximum atomic E-state index is 2.77. The van der Waals surface area contributed by atoms with Crippen molar-refractivity contribution >= 4 is 104 Å². The summed E-state index contributed by atoms with van der Waals surface area (Å²) in [6.07, 6.45) is 7.54. The Bertz CT molecular complexity index is 4540. The van der Waals surface area contributed by atoms with Gasteiger partial charge in [0.25, 0.3) is 0 Å². The molecule has 0 N–H and O–H groups in total. The molecule has 0 heterocycles. The van der Waals surface area contributed by atoms with Crippen molar-refractivity contribution in [2.75, 3.05) is 0 Å². The van der Waals surface area contributed by atoms with Gasteiger partial charge in [-0.15, -0.1) is 0 Å². The first-order valence-corrected chi connectivity index (χ1v) is 39.7. The second-order valence-electron chi connectivity index (χ2n) is 23.4. The van der Waals surface area contributed by atoms with Gasteiger partial charge in [-0.05, 0) is 0 Å². The molecule has 2 unspecified atom stereocenters. The van der Waals surface area contributed by atoms with Crippen molar-refractivity contribution in [2.45, 2.75) is 47.0 Å². The molecule has 2 heteroatoms. The van der Waals surface area contributed by atoms with Crippen molar-refractivity contribution in [3.05, 3.63) is 276 Å². The molecule has 82 heavy (non-hydrogen) atoms. The molecule has 16 rings (SSSR count). The summed E-state index contributed by atoms with van der Waals surface area (Å²) in [5.74, 6) is -1.47. The molecule has 0 spiro atoms. The standard InChI is InChI=1S/2C39H27.C2H7Si.Zr/c2*1-2-25-21-36-34(38-30-15-7-3-11-26(30)23-27-12-4-8-16-31(27)38)19-20-35(37(36)22-25)39-32-17-9-5-13-28(32)24-29-14-6-10-18-33(29)39;1-3-2;/h2*3-24H,2H2,1H3;3H,1-2H3;. The minimum atomic E-state index is -2.98. The van der Waals surface area contributed by atoms with Crippen molar-refractivity contribution in [2.24, 2.45) is 0 Å². The molecule has 0 saturated heterocycles. The zero-order chi connectivity index (χ0) is 54.7. The summed E-state index contributed by atoms with van der Waals surface area (Å²) < 4.78 is 0.709. The number of allylic oxidation sites excluding steroid dienone is 2. The second-order valence-corrected chi connectivity index (χ2v) is 43.5. The fourth-order valence-corrected chi connectivity index (χ4v) is 38.6. The number of rotatable bonds is 9. The molecule has 0 bridgehead atoms. The van der Waals surface area contributed by atoms with Gasteiger partial charge in [-0.1, -0.05) is 0 Å². The van der Waals surface area contributed by atoms with E-state index in [4.69, 9.17) is 0 Å². The molecule has 2 atom stereocenters. The first kappa shape index (κ1) is 49.5. The molecule has 2 aliphatic carbocycles. The van der Waals surface area contributed by atoms with E-state index in [0.29, 0.717) is 7.25 Å². The zero-order valence-corrected chi connectivity index (χ0v) is 50.5. The fraction of sp³-hybridized carbons (Fsp3) is 0.100. The average molecular weight is 1140 g/mol. The van der Waals surface area contributed by atoms with Gasteiger partial charge >= 0.3 is 493 Å². The SMILES string of the molecule is CCC1=Cc2c(-c3c4ccccc4cc4ccccc34)ccc(-c3c4ccccc4cc4ccccc34)c2[CH]1[Zr]([CH]1C(CC)=Cc2c(-c3c4ccccc4cc4ccccc34)ccc(-c3c4ccccc4cc4ccccc34)c21)[SiH](C)C. The predicted octanol–water partition coefficient (Wildman–Crippen LogP) is 22.6. The zero-order valence-electron chi connectivity index (χ0n) is 46.9. The summed E-state index contributed by atoms with van der Waals surface area (Å²) in [6, 6.07) is 93.3. The Morgan fingerprint density at radius 3 is 0.744 bits per heavy atom. The first-order chi connectivity index (χ1) is 40.4. The van der Waals surface area contributed by atoms with Crippen molar-refractivity contribution < 1.29 is 20.9 Å². The van der Waals surface area contributed by atoms with Gasteiger partial charge in [0, 0.05) is 0 Å². The normalized spacial score (nSPS) is 14.9. The Morgan fingerprint density at radius 2 is 0.512 bits per heavy atom. The van der Waals surface area contributed by atoms with Crippen molar-refractivity contribution in [3.8, 4) is 44.5 Å². The Kier molecular flexibility index (Phi) is 11.9. The molecule has 0 saturated carbocycles. The van der Waals surface area contributed by atoms with Gasteiger partial charge in [0.05, 0.1) is 0 Å². The van der Waals surface area contributed by atoms with Crippen LogP contribution in [-0.2, 0) is 20.9 Å². The van der Waals surface area contributed by atoms with Crippen LogP contribution in [0.1, 0.15) is 56.2 Å². The Hall–Kier alpha value is -8.26. The van der Waals surface area contributed by atoms with E-state index in [0.717, 1.165) is 12.8 Å². The van der Waals surface area contributed by atoms with Crippen LogP contribution in [-0.4, -0.2) is 5.92 Å². The van der Waals surface area contributed by atoms with Crippen molar-refractivity contribution in [1.29, 1.82) is 0 Å². The molecular weight excluding hydrogens is 1080 g/mol. The van der Waals surface area contributed by atoms with Gasteiger partial charge in [-0.2, -0.15) is 0 Å². The van der Waals surface area contributed by atoms with E-state index in [1.165, 1.54) is 142 Å². The molecule has 14 aromatic carbocycles. The molecular formula is C80H61SiZr. The number of hydrogen-bond donors (Lipinski definition) is 0. The molecule has 0 radical (unpaired) electrons. The quantitative estimate of drug-likeness (QED) is 0.0998. The van der Waals surface area contributed by atoms with Gasteiger partial charge in [0.15, 0.2) is 0 Å². The maximum absolute atomic E-state index is 2.98. The molecule has 389 valence electrons. The van der Waals surface area contributed by atoms with Crippen LogP contribution in [0.15, 0.2) is 254 Å². The summed E-state index contributed by atoms with van der Waals surface area (Å²) in [6.45, 7) is 10.5. The summed E-state index contributed by atoms with van der Waals surface area (Å²) >= 11 is -2.98. The number of fused-ring (bicyclic) bond motifs is 10. The molecule has 2 aliphatic rings. The fourth-order valence-electron chi connectivity index (χ4n) is 15.4. The molecule has 0 nitrogen and oxygen atoms in total. The van der Waals surface area contributed by atoms with Crippen LogP contribution in [0.5, 0.6) is 0 Å². The molecule has 0 aliphatic heterocycles. The van der Waals surface area contributed by atoms with Crippen molar-refractivity contribution in [1.82, 2.24) is 0 Å². The Labute approximate surface area is 489 Å². The molecule has 0 amide bonds. The van der Waals surface area contributed by atoms with Crippen LogP contribution in [0.25, 0.3) is 143 Å². The molecule has 0 fully saturated rings. The van der Waals surface area contributed by atoms with E-state index in [9.17, 15) is 0 Å². The second kappa shape index (κ2) is 19.7. The van der Waals surface area contributed by atoms with E-state index in [1.807, 2.05) is 0 Å². The van der Waals surface area contributed by atoms with Crippen LogP contribution in [0, 0.1) is 0 Å². The Morgan fingerprint density at radius 1 is 0.293 bits per heavy atom. The van der Waals surface area contributed by atoms with E-state index in [-0.39, 0.29) is 0 Å². The van der Waals surface area contributed by atoms with Gasteiger partial charge in [0.2, 0.25) is 0 Å². The van der Waals surface area contributed by atoms with E-state index >= 15 is 0 Å². The minimum absolute atomic E-state index is 0.355. The first-order valence-electron chi connectivity index (χ1n) is 29.7. The topological polar surface area (TPSA) is 0 Å². The summed E-state index contributed by atoms with van der Waals surface area (Å²) in [5.41, 5.74) is 20.4. The van der Waals surface area contributed by atoms with E-state index in [1.54, 1.807) is 22.3 Å². The summed E-state index contributed by atoms with van der Waals surface area (Å²) in [4.78, 5) is 0. The van der Waals surface area contributed by atoms with Crippen LogP contribution in [0.2, 0.25) is 13.1 Å². The monoisotopic (exact) mass is 1140 g/mol. The van der Waals surface area contributed by atoms with Crippen LogP contribution < -0.4 is 0 Å². The number of benzene rings is 14. The van der Waals surface area contributed by atoms with Crippen LogP contribution in [0.3, 0.4) is 0 Å². The predicted molar refractivity (Wildman–Crippen MR) is 356 cm³/mol. The molecule has 0 aromatic heterocycles. The van der Waals surface area contributed by atoms with Gasteiger partial charge in [-0.3, -0.25) is 0 Å². The average Bonchev–Trinajstić information content (AvgIpc) is 3.97. The van der Waals surface area contributed by atoms with E-state index in [2.05, 4.69) is 282 Å². The van der Waals surface area contributed by atoms with E-state index < -0.39 is 26.8 Å². The molecule has 14 aromatic rings. The van der Waals surface area contributed by atoms with Gasteiger partial charge < -0.3 is 0 Å². The summed E-state index contributed by atoms with van der Waals surface area (Å²) in [5, 5.41) is 21.0. The van der Waals surface area contributed by atoms with Crippen LogP contribution >= 0.6 is 0 Å². The van der Waals surface area contributed by atoms with Crippen molar-refractivity contribution in [3.63, 3.8) is 0 Å². The van der Waals surface area contributed by atoms with Crippen LogP contribution in [0.4, 0.5) is 0 Å². The third-order valence-electron chi connectivity index (χ3n) is 18.9. The third kappa shape index (κ3) is 7.57. The summed E-state index contributed by atoms with van der Waals surface area (Å²) in [7, 11) is 0. The number of hydrogen-bond acceptors (Lipinski definition) is 0. The van der Waals surface area contributed by atoms with Gasteiger partial charge in [0.1, 0.15) is 0 Å². The third-order valence-corrected chi connectivity index (χ3v) is 40.5.